The monoisotopic (exact) mass is 264 g/mol. The average Bonchev–Trinajstić information content (AvgIpc) is 2.37. The fraction of sp³-hybridized carbons (Fsp3) is 0.231. The Labute approximate surface area is 110 Å². The minimum atomic E-state index is -0.322. The number of aromatic nitrogens is 1. The fourth-order valence-corrected chi connectivity index (χ4v) is 1.87. The maximum atomic E-state index is 10.6. The number of fused-ring (bicyclic) bond motifs is 1. The Morgan fingerprint density at radius 2 is 2.22 bits per heavy atom. The molecule has 0 aliphatic carbocycles. The molecule has 18 heavy (non-hydrogen) atoms. The molecule has 1 heterocycles. The smallest absolute Gasteiger partial charge is 0.217 e. The molecule has 2 aromatic rings. The van der Waals surface area contributed by atoms with E-state index in [1.807, 2.05) is 12.1 Å². The standard InChI is InChI=1S/C13H13ClN2O2/c14-10-5-6-11(18-8-2-4-12(15)17)13-9(10)3-1-7-16-13/h1,3,5-7H,2,4,8H2,(H2,15,17). The van der Waals surface area contributed by atoms with Crippen LogP contribution in [0.25, 0.3) is 10.9 Å². The van der Waals surface area contributed by atoms with Gasteiger partial charge in [0.25, 0.3) is 0 Å². The zero-order valence-electron chi connectivity index (χ0n) is 9.73. The van der Waals surface area contributed by atoms with Crippen molar-refractivity contribution in [2.24, 2.45) is 5.73 Å². The summed E-state index contributed by atoms with van der Waals surface area (Å²) in [6.45, 7) is 0.427. The number of nitrogens with zero attached hydrogens (tertiary/aromatic N) is 1. The lowest BCUT2D eigenvalue weighted by Crippen LogP contribution is -2.11. The Balaban J connectivity index is 2.14. The van der Waals surface area contributed by atoms with Gasteiger partial charge in [0.05, 0.1) is 11.6 Å². The van der Waals surface area contributed by atoms with Gasteiger partial charge >= 0.3 is 0 Å². The van der Waals surface area contributed by atoms with E-state index in [9.17, 15) is 4.79 Å². The van der Waals surface area contributed by atoms with E-state index >= 15 is 0 Å². The van der Waals surface area contributed by atoms with Crippen LogP contribution >= 0.6 is 11.6 Å². The van der Waals surface area contributed by atoms with E-state index < -0.39 is 0 Å². The highest BCUT2D eigenvalue weighted by Crippen LogP contribution is 2.29. The van der Waals surface area contributed by atoms with Gasteiger partial charge in [0, 0.05) is 18.0 Å². The van der Waals surface area contributed by atoms with Crippen LogP contribution in [0.5, 0.6) is 5.75 Å². The number of rotatable bonds is 5. The zero-order chi connectivity index (χ0) is 13.0. The van der Waals surface area contributed by atoms with Crippen LogP contribution in [0, 0.1) is 0 Å². The fourth-order valence-electron chi connectivity index (χ4n) is 1.66. The largest absolute Gasteiger partial charge is 0.491 e. The molecule has 1 aromatic carbocycles. The molecule has 2 N–H and O–H groups in total. The van der Waals surface area contributed by atoms with Crippen molar-refractivity contribution in [3.8, 4) is 5.75 Å². The summed E-state index contributed by atoms with van der Waals surface area (Å²) in [4.78, 5) is 14.9. The lowest BCUT2D eigenvalue weighted by Gasteiger charge is -2.08. The highest BCUT2D eigenvalue weighted by molar-refractivity contribution is 6.35. The Kier molecular flexibility index (Phi) is 3.99. The average molecular weight is 265 g/mol. The third kappa shape index (κ3) is 2.90. The first-order valence-corrected chi connectivity index (χ1v) is 6.00. The molecule has 0 bridgehead atoms. The van der Waals surface area contributed by atoms with Gasteiger partial charge in [-0.3, -0.25) is 9.78 Å². The molecule has 94 valence electrons. The number of carbonyl (C=O) groups is 1. The summed E-state index contributed by atoms with van der Waals surface area (Å²) in [5, 5.41) is 1.49. The number of primary amides is 1. The molecular formula is C13H13ClN2O2. The maximum Gasteiger partial charge on any atom is 0.217 e. The number of carbonyl (C=O) groups excluding carboxylic acids is 1. The number of amides is 1. The van der Waals surface area contributed by atoms with Crippen LogP contribution in [0.3, 0.4) is 0 Å². The quantitative estimate of drug-likeness (QED) is 0.844. The summed E-state index contributed by atoms with van der Waals surface area (Å²) in [6, 6.07) is 7.27. The summed E-state index contributed by atoms with van der Waals surface area (Å²) in [6.07, 6.45) is 2.60. The molecule has 0 aliphatic heterocycles. The first kappa shape index (κ1) is 12.6. The van der Waals surface area contributed by atoms with Crippen molar-refractivity contribution in [3.05, 3.63) is 35.5 Å². The Bertz CT molecular complexity index is 572. The molecule has 0 unspecified atom stereocenters. The number of halogens is 1. The molecule has 1 amide bonds. The number of benzene rings is 1. The molecule has 0 saturated carbocycles. The van der Waals surface area contributed by atoms with Gasteiger partial charge in [0.1, 0.15) is 11.3 Å². The van der Waals surface area contributed by atoms with Gasteiger partial charge < -0.3 is 10.5 Å². The highest BCUT2D eigenvalue weighted by atomic mass is 35.5. The van der Waals surface area contributed by atoms with E-state index in [4.69, 9.17) is 22.1 Å². The lowest BCUT2D eigenvalue weighted by molar-refractivity contribution is -0.118. The second-order valence-electron chi connectivity index (χ2n) is 3.86. The van der Waals surface area contributed by atoms with Crippen molar-refractivity contribution in [1.29, 1.82) is 0 Å². The van der Waals surface area contributed by atoms with E-state index in [2.05, 4.69) is 4.98 Å². The summed E-state index contributed by atoms with van der Waals surface area (Å²) in [7, 11) is 0. The Hall–Kier alpha value is -1.81. The minimum absolute atomic E-state index is 0.318. The van der Waals surface area contributed by atoms with Gasteiger partial charge in [-0.25, -0.2) is 0 Å². The van der Waals surface area contributed by atoms with Crippen LogP contribution in [0.4, 0.5) is 0 Å². The summed E-state index contributed by atoms with van der Waals surface area (Å²) < 4.78 is 5.60. The lowest BCUT2D eigenvalue weighted by atomic mass is 10.2. The number of nitrogens with two attached hydrogens (primary N) is 1. The van der Waals surface area contributed by atoms with Gasteiger partial charge in [-0.2, -0.15) is 0 Å². The molecule has 0 radical (unpaired) electrons. The molecule has 4 nitrogen and oxygen atoms in total. The third-order valence-electron chi connectivity index (χ3n) is 2.50. The first-order valence-electron chi connectivity index (χ1n) is 5.63. The summed E-state index contributed by atoms with van der Waals surface area (Å²) in [5.74, 6) is 0.345. The normalized spacial score (nSPS) is 10.5. The molecule has 1 aromatic heterocycles. The number of hydrogen-bond acceptors (Lipinski definition) is 3. The van der Waals surface area contributed by atoms with Gasteiger partial charge in [0.2, 0.25) is 5.91 Å². The summed E-state index contributed by atoms with van der Waals surface area (Å²) in [5.41, 5.74) is 5.78. The SMILES string of the molecule is NC(=O)CCCOc1ccc(Cl)c2cccnc12. The van der Waals surface area contributed by atoms with Crippen molar-refractivity contribution in [1.82, 2.24) is 4.98 Å². The van der Waals surface area contributed by atoms with Crippen LogP contribution in [0.1, 0.15) is 12.8 Å². The number of hydrogen-bond donors (Lipinski definition) is 1. The molecule has 0 spiro atoms. The molecule has 5 heteroatoms. The van der Waals surface area contributed by atoms with E-state index in [0.717, 1.165) is 10.9 Å². The van der Waals surface area contributed by atoms with E-state index in [1.165, 1.54) is 0 Å². The zero-order valence-corrected chi connectivity index (χ0v) is 10.5. The van der Waals surface area contributed by atoms with E-state index in [0.29, 0.717) is 30.2 Å². The first-order chi connectivity index (χ1) is 8.68. The van der Waals surface area contributed by atoms with Crippen molar-refractivity contribution < 1.29 is 9.53 Å². The molecular weight excluding hydrogens is 252 g/mol. The van der Waals surface area contributed by atoms with Crippen molar-refractivity contribution in [2.75, 3.05) is 6.61 Å². The molecule has 0 fully saturated rings. The van der Waals surface area contributed by atoms with E-state index in [1.54, 1.807) is 18.3 Å². The molecule has 0 atom stereocenters. The van der Waals surface area contributed by atoms with Gasteiger partial charge in [-0.1, -0.05) is 11.6 Å². The van der Waals surface area contributed by atoms with Crippen LogP contribution < -0.4 is 10.5 Å². The number of pyridine rings is 1. The highest BCUT2D eigenvalue weighted by Gasteiger charge is 2.06. The Morgan fingerprint density at radius 1 is 1.39 bits per heavy atom. The van der Waals surface area contributed by atoms with Crippen LogP contribution in [0.2, 0.25) is 5.02 Å². The molecule has 0 aliphatic rings. The minimum Gasteiger partial charge on any atom is -0.491 e. The van der Waals surface area contributed by atoms with E-state index in [-0.39, 0.29) is 5.91 Å². The van der Waals surface area contributed by atoms with Crippen molar-refractivity contribution >= 4 is 28.4 Å². The third-order valence-corrected chi connectivity index (χ3v) is 2.83. The van der Waals surface area contributed by atoms with Crippen molar-refractivity contribution in [2.45, 2.75) is 12.8 Å². The molecule has 2 rings (SSSR count). The summed E-state index contributed by atoms with van der Waals surface area (Å²) >= 11 is 6.08. The van der Waals surface area contributed by atoms with Gasteiger partial charge in [0.15, 0.2) is 0 Å². The maximum absolute atomic E-state index is 10.6. The van der Waals surface area contributed by atoms with Gasteiger partial charge in [-0.15, -0.1) is 0 Å². The molecule has 0 saturated heterocycles. The van der Waals surface area contributed by atoms with Crippen molar-refractivity contribution in [3.63, 3.8) is 0 Å². The second-order valence-corrected chi connectivity index (χ2v) is 4.27. The van der Waals surface area contributed by atoms with Crippen LogP contribution in [0.15, 0.2) is 30.5 Å². The topological polar surface area (TPSA) is 65.2 Å². The van der Waals surface area contributed by atoms with Crippen LogP contribution in [-0.4, -0.2) is 17.5 Å². The number of ether oxygens (including phenoxy) is 1. The Morgan fingerprint density at radius 3 is 3.00 bits per heavy atom. The predicted octanol–water partition coefficient (Wildman–Crippen LogP) is 2.53. The van der Waals surface area contributed by atoms with Gasteiger partial charge in [-0.05, 0) is 30.7 Å². The predicted molar refractivity (Wildman–Crippen MR) is 70.7 cm³/mol. The van der Waals surface area contributed by atoms with Crippen LogP contribution in [-0.2, 0) is 4.79 Å². The second kappa shape index (κ2) is 5.69.